The van der Waals surface area contributed by atoms with Crippen LogP contribution in [-0.2, 0) is 4.79 Å². The lowest BCUT2D eigenvalue weighted by atomic mass is 10.1. The quantitative estimate of drug-likeness (QED) is 0.881. The fourth-order valence-corrected chi connectivity index (χ4v) is 2.97. The second-order valence-electron chi connectivity index (χ2n) is 5.83. The average molecular weight is 275 g/mol. The van der Waals surface area contributed by atoms with Crippen LogP contribution in [0.4, 0.5) is 5.69 Å². The molecule has 2 rings (SSSR count). The maximum atomic E-state index is 12.2. The third kappa shape index (κ3) is 3.58. The van der Waals surface area contributed by atoms with E-state index >= 15 is 0 Å². The summed E-state index contributed by atoms with van der Waals surface area (Å²) in [6, 6.07) is 4.73. The zero-order chi connectivity index (χ0) is 14.7. The summed E-state index contributed by atoms with van der Waals surface area (Å²) in [6.45, 7) is 8.59. The number of hydrogen-bond donors (Lipinski definition) is 2. The summed E-state index contributed by atoms with van der Waals surface area (Å²) >= 11 is 0. The molecular formula is C16H25N3O. The molecule has 1 heterocycles. The largest absolute Gasteiger partial charge is 0.324 e. The van der Waals surface area contributed by atoms with Crippen molar-refractivity contribution in [3.8, 4) is 0 Å². The molecule has 0 spiro atoms. The van der Waals surface area contributed by atoms with Crippen molar-refractivity contribution in [3.05, 3.63) is 28.8 Å². The number of nitrogens with zero attached hydrogens (tertiary/aromatic N) is 1. The Kier molecular flexibility index (Phi) is 4.78. The van der Waals surface area contributed by atoms with Crippen LogP contribution in [0.15, 0.2) is 12.1 Å². The van der Waals surface area contributed by atoms with E-state index in [4.69, 9.17) is 0 Å². The minimum atomic E-state index is 0.0804. The first-order valence-corrected chi connectivity index (χ1v) is 7.27. The van der Waals surface area contributed by atoms with Gasteiger partial charge in [0.05, 0.1) is 6.54 Å². The molecular weight excluding hydrogens is 250 g/mol. The summed E-state index contributed by atoms with van der Waals surface area (Å²) in [6.07, 6.45) is 1.12. The molecule has 1 aromatic carbocycles. The van der Waals surface area contributed by atoms with Gasteiger partial charge in [0.2, 0.25) is 5.91 Å². The summed E-state index contributed by atoms with van der Waals surface area (Å²) in [5.74, 6) is 0.0804. The fraction of sp³-hybridized carbons (Fsp3) is 0.562. The van der Waals surface area contributed by atoms with Crippen LogP contribution < -0.4 is 10.6 Å². The van der Waals surface area contributed by atoms with E-state index in [9.17, 15) is 4.79 Å². The van der Waals surface area contributed by atoms with Gasteiger partial charge in [0.1, 0.15) is 0 Å². The minimum absolute atomic E-state index is 0.0804. The molecule has 0 saturated carbocycles. The van der Waals surface area contributed by atoms with Gasteiger partial charge in [0.15, 0.2) is 0 Å². The average Bonchev–Trinajstić information content (AvgIpc) is 2.81. The Morgan fingerprint density at radius 2 is 1.95 bits per heavy atom. The first-order valence-electron chi connectivity index (χ1n) is 7.27. The molecule has 20 heavy (non-hydrogen) atoms. The molecule has 110 valence electrons. The Labute approximate surface area is 121 Å². The summed E-state index contributed by atoms with van der Waals surface area (Å²) in [7, 11) is 1.98. The van der Waals surface area contributed by atoms with Crippen LogP contribution >= 0.6 is 0 Å². The summed E-state index contributed by atoms with van der Waals surface area (Å²) in [5, 5.41) is 6.33. The molecule has 1 aromatic rings. The number of aryl methyl sites for hydroxylation is 3. The van der Waals surface area contributed by atoms with E-state index in [2.05, 4.69) is 34.6 Å². The Balaban J connectivity index is 1.95. The van der Waals surface area contributed by atoms with Crippen molar-refractivity contribution < 1.29 is 4.79 Å². The highest BCUT2D eigenvalue weighted by atomic mass is 16.2. The lowest BCUT2D eigenvalue weighted by Crippen LogP contribution is -2.35. The Morgan fingerprint density at radius 3 is 2.50 bits per heavy atom. The summed E-state index contributed by atoms with van der Waals surface area (Å²) in [5.41, 5.74) is 4.45. The minimum Gasteiger partial charge on any atom is -0.324 e. The van der Waals surface area contributed by atoms with Crippen molar-refractivity contribution in [2.24, 2.45) is 0 Å². The summed E-state index contributed by atoms with van der Waals surface area (Å²) in [4.78, 5) is 14.4. The highest BCUT2D eigenvalue weighted by Gasteiger charge is 2.22. The second-order valence-corrected chi connectivity index (χ2v) is 5.83. The van der Waals surface area contributed by atoms with E-state index in [1.54, 1.807) is 0 Å². The molecule has 1 unspecified atom stereocenters. The van der Waals surface area contributed by atoms with Gasteiger partial charge in [0.25, 0.3) is 0 Å². The monoisotopic (exact) mass is 275 g/mol. The zero-order valence-corrected chi connectivity index (χ0v) is 12.9. The molecule has 1 aliphatic heterocycles. The number of nitrogens with one attached hydrogen (secondary N) is 2. The predicted octanol–water partition coefficient (Wildman–Crippen LogP) is 1.84. The van der Waals surface area contributed by atoms with Gasteiger partial charge in [-0.05, 0) is 45.4 Å². The molecule has 1 atom stereocenters. The number of likely N-dealkylation sites (tertiary alicyclic amines) is 1. The van der Waals surface area contributed by atoms with Crippen LogP contribution in [0.3, 0.4) is 0 Å². The molecule has 2 N–H and O–H groups in total. The third-order valence-electron chi connectivity index (χ3n) is 3.99. The number of rotatable bonds is 4. The molecule has 4 heteroatoms. The van der Waals surface area contributed by atoms with Gasteiger partial charge in [-0.15, -0.1) is 0 Å². The highest BCUT2D eigenvalue weighted by molar-refractivity contribution is 5.93. The molecule has 1 amide bonds. The van der Waals surface area contributed by atoms with Crippen molar-refractivity contribution in [1.29, 1.82) is 0 Å². The number of benzene rings is 1. The van der Waals surface area contributed by atoms with Gasteiger partial charge in [-0.3, -0.25) is 9.69 Å². The molecule has 0 radical (unpaired) electrons. The number of carbonyl (C=O) groups excluding carboxylic acids is 1. The Morgan fingerprint density at radius 1 is 1.30 bits per heavy atom. The Bertz CT molecular complexity index is 475. The van der Waals surface area contributed by atoms with Gasteiger partial charge >= 0.3 is 0 Å². The van der Waals surface area contributed by atoms with Crippen molar-refractivity contribution >= 4 is 11.6 Å². The number of carbonyl (C=O) groups is 1. The van der Waals surface area contributed by atoms with Gasteiger partial charge in [-0.1, -0.05) is 17.7 Å². The van der Waals surface area contributed by atoms with E-state index in [-0.39, 0.29) is 5.91 Å². The molecule has 4 nitrogen and oxygen atoms in total. The number of hydrogen-bond acceptors (Lipinski definition) is 3. The van der Waals surface area contributed by atoms with Crippen LogP contribution in [0.1, 0.15) is 23.1 Å². The molecule has 1 aliphatic rings. The maximum Gasteiger partial charge on any atom is 0.238 e. The highest BCUT2D eigenvalue weighted by Crippen LogP contribution is 2.22. The van der Waals surface area contributed by atoms with E-state index in [0.717, 1.165) is 36.3 Å². The lowest BCUT2D eigenvalue weighted by Gasteiger charge is -2.17. The lowest BCUT2D eigenvalue weighted by molar-refractivity contribution is -0.117. The van der Waals surface area contributed by atoms with Crippen LogP contribution in [0.25, 0.3) is 0 Å². The van der Waals surface area contributed by atoms with Crippen molar-refractivity contribution in [2.75, 3.05) is 32.0 Å². The second kappa shape index (κ2) is 6.37. The SMILES string of the molecule is CNC1CCN(CC(=O)Nc2c(C)cc(C)cc2C)C1. The third-order valence-corrected chi connectivity index (χ3v) is 3.99. The smallest absolute Gasteiger partial charge is 0.238 e. The number of anilines is 1. The van der Waals surface area contributed by atoms with E-state index in [0.29, 0.717) is 12.6 Å². The van der Waals surface area contributed by atoms with Gasteiger partial charge < -0.3 is 10.6 Å². The molecule has 0 aliphatic carbocycles. The topological polar surface area (TPSA) is 44.4 Å². The molecule has 0 aromatic heterocycles. The van der Waals surface area contributed by atoms with Crippen LogP contribution in [-0.4, -0.2) is 43.5 Å². The maximum absolute atomic E-state index is 12.2. The molecule has 0 bridgehead atoms. The van der Waals surface area contributed by atoms with Crippen molar-refractivity contribution in [2.45, 2.75) is 33.2 Å². The normalized spacial score (nSPS) is 19.3. The fourth-order valence-electron chi connectivity index (χ4n) is 2.97. The van der Waals surface area contributed by atoms with Crippen molar-refractivity contribution in [3.63, 3.8) is 0 Å². The molecule has 1 saturated heterocycles. The van der Waals surface area contributed by atoms with Crippen molar-refractivity contribution in [1.82, 2.24) is 10.2 Å². The Hall–Kier alpha value is -1.39. The van der Waals surface area contributed by atoms with E-state index in [1.807, 2.05) is 20.9 Å². The van der Waals surface area contributed by atoms with Crippen LogP contribution in [0.5, 0.6) is 0 Å². The zero-order valence-electron chi connectivity index (χ0n) is 12.9. The number of likely N-dealkylation sites (N-methyl/N-ethyl adjacent to an activating group) is 1. The van der Waals surface area contributed by atoms with E-state index in [1.165, 1.54) is 5.56 Å². The van der Waals surface area contributed by atoms with Gasteiger partial charge in [-0.25, -0.2) is 0 Å². The number of amides is 1. The predicted molar refractivity (Wildman–Crippen MR) is 83.2 cm³/mol. The first kappa shape index (κ1) is 15.0. The van der Waals surface area contributed by atoms with Gasteiger partial charge in [0, 0.05) is 24.8 Å². The standard InChI is InChI=1S/C16H25N3O/c1-11-7-12(2)16(13(3)8-11)18-15(20)10-19-6-5-14(9-19)17-4/h7-8,14,17H,5-6,9-10H2,1-4H3,(H,18,20). The first-order chi connectivity index (χ1) is 9.49. The van der Waals surface area contributed by atoms with Crippen LogP contribution in [0.2, 0.25) is 0 Å². The summed E-state index contributed by atoms with van der Waals surface area (Å²) < 4.78 is 0. The van der Waals surface area contributed by atoms with E-state index < -0.39 is 0 Å². The van der Waals surface area contributed by atoms with Gasteiger partial charge in [-0.2, -0.15) is 0 Å². The molecule has 1 fully saturated rings. The van der Waals surface area contributed by atoms with Crippen LogP contribution in [0, 0.1) is 20.8 Å².